The van der Waals surface area contributed by atoms with Crippen molar-refractivity contribution in [2.75, 3.05) is 13.4 Å². The molecule has 0 saturated carbocycles. The van der Waals surface area contributed by atoms with Crippen LogP contribution in [-0.2, 0) is 9.53 Å². The van der Waals surface area contributed by atoms with Gasteiger partial charge in [0.25, 0.3) is 5.91 Å². The van der Waals surface area contributed by atoms with Crippen molar-refractivity contribution in [1.82, 2.24) is 5.32 Å². The Kier molecular flexibility index (Phi) is 4.87. The van der Waals surface area contributed by atoms with Gasteiger partial charge in [-0.15, -0.1) is 11.3 Å². The summed E-state index contributed by atoms with van der Waals surface area (Å²) in [6.45, 7) is 1.59. The van der Waals surface area contributed by atoms with Crippen molar-refractivity contribution >= 4 is 33.3 Å². The van der Waals surface area contributed by atoms with Crippen molar-refractivity contribution in [3.05, 3.63) is 58.7 Å². The van der Waals surface area contributed by atoms with Gasteiger partial charge in [-0.2, -0.15) is 0 Å². The van der Waals surface area contributed by atoms with E-state index in [2.05, 4.69) is 5.32 Å². The third-order valence-electron chi connectivity index (χ3n) is 4.29. The molecule has 0 spiro atoms. The zero-order chi connectivity index (χ0) is 19.7. The summed E-state index contributed by atoms with van der Waals surface area (Å²) in [5, 5.41) is 3.39. The van der Waals surface area contributed by atoms with E-state index in [1.165, 1.54) is 23.5 Å². The van der Waals surface area contributed by atoms with E-state index in [0.29, 0.717) is 21.8 Å². The van der Waals surface area contributed by atoms with Crippen LogP contribution in [0.2, 0.25) is 0 Å². The number of halogens is 1. The molecule has 144 valence electrons. The van der Waals surface area contributed by atoms with E-state index in [-0.39, 0.29) is 18.7 Å². The molecule has 0 saturated heterocycles. The van der Waals surface area contributed by atoms with Gasteiger partial charge in [-0.3, -0.25) is 4.79 Å². The molecule has 1 N–H and O–H groups in total. The second-order valence-corrected chi connectivity index (χ2v) is 7.35. The van der Waals surface area contributed by atoms with Crippen molar-refractivity contribution < 1.29 is 28.2 Å². The van der Waals surface area contributed by atoms with Crippen LogP contribution in [0.25, 0.3) is 10.1 Å². The highest BCUT2D eigenvalue weighted by atomic mass is 32.1. The fraction of sp³-hybridized carbons (Fsp3) is 0.200. The first-order valence-corrected chi connectivity index (χ1v) is 9.36. The van der Waals surface area contributed by atoms with Gasteiger partial charge in [0.1, 0.15) is 10.7 Å². The minimum atomic E-state index is -0.618. The summed E-state index contributed by atoms with van der Waals surface area (Å²) in [5.74, 6) is -0.120. The highest BCUT2D eigenvalue weighted by Crippen LogP contribution is 2.34. The van der Waals surface area contributed by atoms with Crippen molar-refractivity contribution in [2.24, 2.45) is 0 Å². The molecule has 1 amide bonds. The number of hydrogen-bond acceptors (Lipinski definition) is 6. The zero-order valence-electron chi connectivity index (χ0n) is 14.9. The smallest absolute Gasteiger partial charge is 0.348 e. The molecule has 3 aromatic rings. The summed E-state index contributed by atoms with van der Waals surface area (Å²) in [4.78, 5) is 24.6. The maximum absolute atomic E-state index is 13.3. The molecule has 4 rings (SSSR count). The van der Waals surface area contributed by atoms with Gasteiger partial charge in [0, 0.05) is 4.70 Å². The molecule has 1 aromatic heterocycles. The van der Waals surface area contributed by atoms with Gasteiger partial charge in [-0.05, 0) is 54.3 Å². The molecule has 0 radical (unpaired) electrons. The molecule has 1 aliphatic rings. The van der Waals surface area contributed by atoms with Crippen LogP contribution in [0.15, 0.2) is 42.5 Å². The number of thiophene rings is 1. The normalized spacial score (nSPS) is 13.4. The minimum absolute atomic E-state index is 0.180. The predicted octanol–water partition coefficient (Wildman–Crippen LogP) is 3.80. The SMILES string of the molecule is C[C@H](NC(=O)COC(=O)c1cc2cc(F)ccc2s1)c1ccc2c(c1)OCO2. The third kappa shape index (κ3) is 3.77. The first-order chi connectivity index (χ1) is 13.5. The van der Waals surface area contributed by atoms with Gasteiger partial charge in [-0.1, -0.05) is 6.07 Å². The standard InChI is InChI=1S/C20H16FNO5S/c1-11(12-2-4-15-16(7-12)27-10-26-15)22-19(23)9-25-20(24)18-8-13-6-14(21)3-5-17(13)28-18/h2-8,11H,9-10H2,1H3,(H,22,23)/t11-/m0/s1. The highest BCUT2D eigenvalue weighted by Gasteiger charge is 2.18. The fourth-order valence-corrected chi connectivity index (χ4v) is 3.80. The Labute approximate surface area is 163 Å². The van der Waals surface area contributed by atoms with Crippen LogP contribution >= 0.6 is 11.3 Å². The number of esters is 1. The summed E-state index contributed by atoms with van der Waals surface area (Å²) in [6.07, 6.45) is 0. The molecule has 2 heterocycles. The first kappa shape index (κ1) is 18.2. The van der Waals surface area contributed by atoms with Gasteiger partial charge >= 0.3 is 5.97 Å². The Morgan fingerprint density at radius 2 is 2.00 bits per heavy atom. The molecule has 0 aliphatic carbocycles. The summed E-state index contributed by atoms with van der Waals surface area (Å²) in [7, 11) is 0. The molecule has 1 atom stereocenters. The minimum Gasteiger partial charge on any atom is -0.454 e. The maximum Gasteiger partial charge on any atom is 0.348 e. The maximum atomic E-state index is 13.3. The Bertz CT molecular complexity index is 1060. The van der Waals surface area contributed by atoms with Crippen LogP contribution < -0.4 is 14.8 Å². The molecule has 1 aliphatic heterocycles. The lowest BCUT2D eigenvalue weighted by Crippen LogP contribution is -2.31. The Morgan fingerprint density at radius 3 is 2.86 bits per heavy atom. The highest BCUT2D eigenvalue weighted by molar-refractivity contribution is 7.20. The van der Waals surface area contributed by atoms with Crippen molar-refractivity contribution in [3.63, 3.8) is 0 Å². The predicted molar refractivity (Wildman–Crippen MR) is 101 cm³/mol. The summed E-state index contributed by atoms with van der Waals surface area (Å²) in [6, 6.07) is 11.0. The second kappa shape index (κ2) is 7.47. The number of carbonyl (C=O) groups is 2. The molecule has 0 fully saturated rings. The number of fused-ring (bicyclic) bond motifs is 2. The molecule has 2 aromatic carbocycles. The van der Waals surface area contributed by atoms with E-state index < -0.39 is 18.5 Å². The van der Waals surface area contributed by atoms with Crippen molar-refractivity contribution in [3.8, 4) is 11.5 Å². The number of amides is 1. The van der Waals surface area contributed by atoms with E-state index in [1.54, 1.807) is 24.3 Å². The van der Waals surface area contributed by atoms with E-state index >= 15 is 0 Å². The van der Waals surface area contributed by atoms with Crippen molar-refractivity contribution in [1.29, 1.82) is 0 Å². The van der Waals surface area contributed by atoms with Crippen LogP contribution in [0.1, 0.15) is 28.2 Å². The molecule has 28 heavy (non-hydrogen) atoms. The number of hydrogen-bond donors (Lipinski definition) is 1. The Morgan fingerprint density at radius 1 is 1.18 bits per heavy atom. The average molecular weight is 401 g/mol. The largest absolute Gasteiger partial charge is 0.454 e. The average Bonchev–Trinajstić information content (AvgIpc) is 3.31. The molecular formula is C20H16FNO5S. The molecule has 8 heteroatoms. The molecule has 0 bridgehead atoms. The molecule has 0 unspecified atom stereocenters. The van der Waals surface area contributed by atoms with Crippen LogP contribution in [0, 0.1) is 5.82 Å². The number of benzene rings is 2. The van der Waals surface area contributed by atoms with Crippen molar-refractivity contribution in [2.45, 2.75) is 13.0 Å². The Hall–Kier alpha value is -3.13. The van der Waals surface area contributed by atoms with E-state index in [0.717, 1.165) is 10.3 Å². The summed E-state index contributed by atoms with van der Waals surface area (Å²) >= 11 is 1.19. The number of ether oxygens (including phenoxy) is 3. The monoisotopic (exact) mass is 401 g/mol. The third-order valence-corrected chi connectivity index (χ3v) is 5.38. The van der Waals surface area contributed by atoms with Crippen LogP contribution in [-0.4, -0.2) is 25.3 Å². The number of rotatable bonds is 5. The molecular weight excluding hydrogens is 385 g/mol. The lowest BCUT2D eigenvalue weighted by molar-refractivity contribution is -0.124. The number of carbonyl (C=O) groups excluding carboxylic acids is 2. The van der Waals surface area contributed by atoms with E-state index in [9.17, 15) is 14.0 Å². The van der Waals surface area contributed by atoms with E-state index in [4.69, 9.17) is 14.2 Å². The second-order valence-electron chi connectivity index (χ2n) is 6.27. The van der Waals surface area contributed by atoms with Gasteiger partial charge in [0.2, 0.25) is 6.79 Å². The van der Waals surface area contributed by atoms with Gasteiger partial charge in [0.05, 0.1) is 6.04 Å². The quantitative estimate of drug-likeness (QED) is 0.659. The van der Waals surface area contributed by atoms with Gasteiger partial charge < -0.3 is 19.5 Å². The van der Waals surface area contributed by atoms with Gasteiger partial charge in [0.15, 0.2) is 18.1 Å². The summed E-state index contributed by atoms with van der Waals surface area (Å²) < 4.78 is 29.7. The van der Waals surface area contributed by atoms with Crippen LogP contribution in [0.4, 0.5) is 4.39 Å². The summed E-state index contributed by atoms with van der Waals surface area (Å²) in [5.41, 5.74) is 0.843. The van der Waals surface area contributed by atoms with Crippen LogP contribution in [0.5, 0.6) is 11.5 Å². The van der Waals surface area contributed by atoms with Gasteiger partial charge in [-0.25, -0.2) is 9.18 Å². The number of nitrogens with one attached hydrogen (secondary N) is 1. The fourth-order valence-electron chi connectivity index (χ4n) is 2.87. The van der Waals surface area contributed by atoms with E-state index in [1.807, 2.05) is 13.0 Å². The topological polar surface area (TPSA) is 73.9 Å². The van der Waals surface area contributed by atoms with Crippen LogP contribution in [0.3, 0.4) is 0 Å². The molecule has 6 nitrogen and oxygen atoms in total. The lowest BCUT2D eigenvalue weighted by Gasteiger charge is -2.14. The zero-order valence-corrected chi connectivity index (χ0v) is 15.7. The first-order valence-electron chi connectivity index (χ1n) is 8.55. The lowest BCUT2D eigenvalue weighted by atomic mass is 10.1. The Balaban J connectivity index is 1.33.